The van der Waals surface area contributed by atoms with E-state index in [9.17, 15) is 4.79 Å². The quantitative estimate of drug-likeness (QED) is 0.594. The maximum absolute atomic E-state index is 11.5. The van der Waals surface area contributed by atoms with Gasteiger partial charge in [0.25, 0.3) is 0 Å². The maximum atomic E-state index is 11.5. The van der Waals surface area contributed by atoms with E-state index in [1.807, 2.05) is 0 Å². The lowest BCUT2D eigenvalue weighted by Gasteiger charge is -2.15. The molecule has 3 aromatic rings. The van der Waals surface area contributed by atoms with E-state index in [0.29, 0.717) is 17.3 Å². The van der Waals surface area contributed by atoms with Gasteiger partial charge in [-0.05, 0) is 48.2 Å². The van der Waals surface area contributed by atoms with Crippen molar-refractivity contribution in [3.05, 3.63) is 65.4 Å². The Bertz CT molecular complexity index is 935. The van der Waals surface area contributed by atoms with Crippen LogP contribution in [0.1, 0.15) is 35.3 Å². The minimum atomic E-state index is -0.378. The Morgan fingerprint density at radius 2 is 1.68 bits per heavy atom. The molecular formula is C21H23N5O2. The third-order valence-corrected chi connectivity index (χ3v) is 4.37. The van der Waals surface area contributed by atoms with Gasteiger partial charge in [0.1, 0.15) is 0 Å². The molecule has 0 radical (unpaired) electrons. The number of carbonyl (C=O) groups is 1. The van der Waals surface area contributed by atoms with Crippen molar-refractivity contribution < 1.29 is 9.53 Å². The van der Waals surface area contributed by atoms with Gasteiger partial charge >= 0.3 is 5.97 Å². The van der Waals surface area contributed by atoms with Crippen LogP contribution in [0.5, 0.6) is 0 Å². The number of rotatable bonds is 7. The van der Waals surface area contributed by atoms with Crippen molar-refractivity contribution in [1.82, 2.24) is 15.2 Å². The summed E-state index contributed by atoms with van der Waals surface area (Å²) < 4.78 is 4.70. The first-order valence-electron chi connectivity index (χ1n) is 9.17. The molecule has 28 heavy (non-hydrogen) atoms. The number of methoxy groups -OCH3 is 1. The number of aryl methyl sites for hydroxylation is 2. The highest BCUT2D eigenvalue weighted by molar-refractivity contribution is 5.89. The van der Waals surface area contributed by atoms with Crippen LogP contribution < -0.4 is 10.6 Å². The number of hydrogen-bond acceptors (Lipinski definition) is 7. The lowest BCUT2D eigenvalue weighted by atomic mass is 10.0. The Balaban J connectivity index is 1.79. The zero-order valence-corrected chi connectivity index (χ0v) is 16.2. The molecular weight excluding hydrogens is 354 g/mol. The van der Waals surface area contributed by atoms with Gasteiger partial charge in [-0.25, -0.2) is 4.79 Å². The van der Waals surface area contributed by atoms with Crippen molar-refractivity contribution in [2.24, 2.45) is 0 Å². The van der Waals surface area contributed by atoms with E-state index in [4.69, 9.17) is 4.74 Å². The highest BCUT2D eigenvalue weighted by atomic mass is 16.5. The molecule has 0 fully saturated rings. The van der Waals surface area contributed by atoms with Crippen LogP contribution in [0.4, 0.5) is 23.1 Å². The van der Waals surface area contributed by atoms with Gasteiger partial charge in [0, 0.05) is 11.4 Å². The van der Waals surface area contributed by atoms with Crippen molar-refractivity contribution in [3.63, 3.8) is 0 Å². The molecule has 0 saturated carbocycles. The Labute approximate surface area is 164 Å². The fourth-order valence-electron chi connectivity index (χ4n) is 2.88. The Hall–Kier alpha value is -3.48. The van der Waals surface area contributed by atoms with Crippen LogP contribution in [0.2, 0.25) is 0 Å². The molecule has 7 nitrogen and oxygen atoms in total. The largest absolute Gasteiger partial charge is 0.465 e. The van der Waals surface area contributed by atoms with Gasteiger partial charge in [0.15, 0.2) is 5.82 Å². The lowest BCUT2D eigenvalue weighted by Crippen LogP contribution is -2.05. The van der Waals surface area contributed by atoms with Crippen LogP contribution in [0.15, 0.2) is 48.7 Å². The fraction of sp³-hybridized carbons (Fsp3) is 0.238. The summed E-state index contributed by atoms with van der Waals surface area (Å²) in [4.78, 5) is 16.0. The molecule has 0 saturated heterocycles. The predicted octanol–water partition coefficient (Wildman–Crippen LogP) is 4.27. The molecule has 2 N–H and O–H groups in total. The molecule has 3 rings (SSSR count). The van der Waals surface area contributed by atoms with Crippen molar-refractivity contribution in [1.29, 1.82) is 0 Å². The van der Waals surface area contributed by atoms with Crippen molar-refractivity contribution in [2.45, 2.75) is 26.7 Å². The van der Waals surface area contributed by atoms with E-state index < -0.39 is 0 Å². The summed E-state index contributed by atoms with van der Waals surface area (Å²) in [5, 5.41) is 14.5. The van der Waals surface area contributed by atoms with E-state index >= 15 is 0 Å². The summed E-state index contributed by atoms with van der Waals surface area (Å²) in [5.41, 5.74) is 4.75. The Kier molecular flexibility index (Phi) is 6.16. The van der Waals surface area contributed by atoms with Crippen LogP contribution in [0.3, 0.4) is 0 Å². The van der Waals surface area contributed by atoms with Gasteiger partial charge in [-0.2, -0.15) is 10.1 Å². The van der Waals surface area contributed by atoms with Gasteiger partial charge in [0.2, 0.25) is 5.95 Å². The van der Waals surface area contributed by atoms with E-state index in [0.717, 1.165) is 24.2 Å². The molecule has 144 valence electrons. The third kappa shape index (κ3) is 4.43. The molecule has 1 aromatic heterocycles. The van der Waals surface area contributed by atoms with Crippen molar-refractivity contribution in [2.75, 3.05) is 17.7 Å². The van der Waals surface area contributed by atoms with Crippen LogP contribution >= 0.6 is 0 Å². The second kappa shape index (κ2) is 8.94. The van der Waals surface area contributed by atoms with Gasteiger partial charge in [0.05, 0.1) is 18.9 Å². The number of anilines is 4. The number of carbonyl (C=O) groups excluding carboxylic acids is 1. The number of para-hydroxylation sites is 1. The summed E-state index contributed by atoms with van der Waals surface area (Å²) in [6.07, 6.45) is 3.44. The standard InChI is InChI=1S/C21H23N5O2/c1-4-14-7-6-8-15(5-2)19(14)24-18-13-22-26-21(25-18)23-17-11-9-16(10-12-17)20(27)28-3/h6-13H,4-5H2,1-3H3,(H2,23,24,25,26). The van der Waals surface area contributed by atoms with Crippen LogP contribution in [-0.4, -0.2) is 28.3 Å². The molecule has 1 heterocycles. The molecule has 0 aliphatic rings. The summed E-state index contributed by atoms with van der Waals surface area (Å²) in [7, 11) is 1.35. The normalized spacial score (nSPS) is 10.4. The lowest BCUT2D eigenvalue weighted by molar-refractivity contribution is 0.0601. The molecule has 0 unspecified atom stereocenters. The monoisotopic (exact) mass is 377 g/mol. The molecule has 2 aromatic carbocycles. The van der Waals surface area contributed by atoms with Crippen molar-refractivity contribution >= 4 is 29.1 Å². The molecule has 0 atom stereocenters. The first-order chi connectivity index (χ1) is 13.6. The summed E-state index contributed by atoms with van der Waals surface area (Å²) in [6.45, 7) is 4.26. The third-order valence-electron chi connectivity index (χ3n) is 4.37. The van der Waals surface area contributed by atoms with Crippen LogP contribution in [-0.2, 0) is 17.6 Å². The number of aromatic nitrogens is 3. The first-order valence-corrected chi connectivity index (χ1v) is 9.17. The van der Waals surface area contributed by atoms with Gasteiger partial charge in [-0.15, -0.1) is 5.10 Å². The maximum Gasteiger partial charge on any atom is 0.337 e. The predicted molar refractivity (Wildman–Crippen MR) is 109 cm³/mol. The van der Waals surface area contributed by atoms with E-state index in [-0.39, 0.29) is 5.97 Å². The topological polar surface area (TPSA) is 89.0 Å². The van der Waals surface area contributed by atoms with Gasteiger partial charge in [-0.1, -0.05) is 32.0 Å². The Morgan fingerprint density at radius 1 is 1.00 bits per heavy atom. The average molecular weight is 377 g/mol. The molecule has 0 aliphatic carbocycles. The Morgan fingerprint density at radius 3 is 2.29 bits per heavy atom. The van der Waals surface area contributed by atoms with E-state index in [1.54, 1.807) is 30.5 Å². The number of benzene rings is 2. The number of nitrogens with one attached hydrogen (secondary N) is 2. The summed E-state index contributed by atoms with van der Waals surface area (Å²) >= 11 is 0. The molecule has 0 bridgehead atoms. The number of hydrogen-bond donors (Lipinski definition) is 2. The molecule has 0 aliphatic heterocycles. The van der Waals surface area contributed by atoms with Crippen molar-refractivity contribution in [3.8, 4) is 0 Å². The highest BCUT2D eigenvalue weighted by Crippen LogP contribution is 2.26. The number of nitrogens with zero attached hydrogens (tertiary/aromatic N) is 3. The highest BCUT2D eigenvalue weighted by Gasteiger charge is 2.09. The summed E-state index contributed by atoms with van der Waals surface area (Å²) in [5.74, 6) is 0.596. The van der Waals surface area contributed by atoms with E-state index in [1.165, 1.54) is 18.2 Å². The minimum Gasteiger partial charge on any atom is -0.465 e. The second-order valence-corrected chi connectivity index (χ2v) is 6.14. The zero-order valence-electron chi connectivity index (χ0n) is 16.2. The first kappa shape index (κ1) is 19.3. The minimum absolute atomic E-state index is 0.364. The number of ether oxygens (including phenoxy) is 1. The van der Waals surface area contributed by atoms with Gasteiger partial charge < -0.3 is 15.4 Å². The second-order valence-electron chi connectivity index (χ2n) is 6.14. The molecule has 7 heteroatoms. The van der Waals surface area contributed by atoms with Crippen LogP contribution in [0.25, 0.3) is 0 Å². The SMILES string of the molecule is CCc1cccc(CC)c1Nc1cnnc(Nc2ccc(C(=O)OC)cc2)n1. The molecule has 0 amide bonds. The van der Waals surface area contributed by atoms with Gasteiger partial charge in [-0.3, -0.25) is 0 Å². The van der Waals surface area contributed by atoms with Crippen LogP contribution in [0, 0.1) is 0 Å². The zero-order chi connectivity index (χ0) is 19.9. The molecule has 0 spiro atoms. The summed E-state index contributed by atoms with van der Waals surface area (Å²) in [6, 6.07) is 13.2. The fourth-order valence-corrected chi connectivity index (χ4v) is 2.88. The average Bonchev–Trinajstić information content (AvgIpc) is 2.74. The smallest absolute Gasteiger partial charge is 0.337 e. The van der Waals surface area contributed by atoms with E-state index in [2.05, 4.69) is 57.9 Å². The number of esters is 1.